The third-order valence-corrected chi connectivity index (χ3v) is 5.11. The van der Waals surface area contributed by atoms with Crippen LogP contribution in [0.4, 0.5) is 0 Å². The Morgan fingerprint density at radius 3 is 2.92 bits per heavy atom. The maximum atomic E-state index is 12.9. The zero-order valence-electron chi connectivity index (χ0n) is 14.6. The first-order valence-corrected chi connectivity index (χ1v) is 8.92. The summed E-state index contributed by atoms with van der Waals surface area (Å²) in [5, 5.41) is 0. The molecule has 1 atom stereocenters. The van der Waals surface area contributed by atoms with Crippen molar-refractivity contribution >= 4 is 5.91 Å². The molecular weight excluding hydrogens is 316 g/mol. The quantitative estimate of drug-likeness (QED) is 0.849. The van der Waals surface area contributed by atoms with Gasteiger partial charge in [0.1, 0.15) is 11.6 Å². The van der Waals surface area contributed by atoms with Crippen LogP contribution in [0.2, 0.25) is 0 Å². The smallest absolute Gasteiger partial charge is 0.264 e. The van der Waals surface area contributed by atoms with Crippen molar-refractivity contribution in [3.8, 4) is 5.75 Å². The Bertz CT molecular complexity index is 732. The number of aryl methyl sites for hydroxylation is 1. The summed E-state index contributed by atoms with van der Waals surface area (Å²) in [7, 11) is 2.02. The lowest BCUT2D eigenvalue weighted by atomic mass is 10.1. The van der Waals surface area contributed by atoms with Crippen LogP contribution in [0.1, 0.15) is 17.8 Å². The van der Waals surface area contributed by atoms with Crippen molar-refractivity contribution in [1.82, 2.24) is 19.4 Å². The Morgan fingerprint density at radius 1 is 1.24 bits per heavy atom. The fourth-order valence-electron chi connectivity index (χ4n) is 3.62. The Labute approximate surface area is 148 Å². The first-order valence-electron chi connectivity index (χ1n) is 8.92. The lowest BCUT2D eigenvalue weighted by Crippen LogP contribution is -2.43. The topological polar surface area (TPSA) is 50.6 Å². The highest BCUT2D eigenvalue weighted by molar-refractivity contribution is 5.82. The normalized spacial score (nSPS) is 20.8. The van der Waals surface area contributed by atoms with E-state index in [-0.39, 0.29) is 12.0 Å². The van der Waals surface area contributed by atoms with E-state index in [1.165, 1.54) is 0 Å². The number of ether oxygens (including phenoxy) is 1. The first kappa shape index (κ1) is 16.1. The van der Waals surface area contributed by atoms with Crippen molar-refractivity contribution in [2.45, 2.75) is 25.5 Å². The number of nitrogens with zero attached hydrogens (tertiary/aromatic N) is 4. The standard InChI is InChI=1S/C19H24N4O2/c1-21-10-7-20-18(21)14-22-8-4-9-23(12-11-22)19(24)17-13-15-5-2-3-6-16(15)25-17/h2-3,5-7,10,17H,4,8-9,11-14H2,1H3/t17-/m1/s1. The zero-order chi connectivity index (χ0) is 17.2. The summed E-state index contributed by atoms with van der Waals surface area (Å²) >= 11 is 0. The van der Waals surface area contributed by atoms with Crippen molar-refractivity contribution in [2.24, 2.45) is 7.05 Å². The average molecular weight is 340 g/mol. The second-order valence-electron chi connectivity index (χ2n) is 6.83. The maximum Gasteiger partial charge on any atom is 0.264 e. The molecule has 132 valence electrons. The van der Waals surface area contributed by atoms with Gasteiger partial charge in [-0.3, -0.25) is 9.69 Å². The van der Waals surface area contributed by atoms with E-state index in [1.54, 1.807) is 0 Å². The van der Waals surface area contributed by atoms with Gasteiger partial charge in [0, 0.05) is 52.0 Å². The molecule has 0 aliphatic carbocycles. The average Bonchev–Trinajstić information content (AvgIpc) is 3.15. The van der Waals surface area contributed by atoms with Gasteiger partial charge in [-0.05, 0) is 18.1 Å². The second-order valence-corrected chi connectivity index (χ2v) is 6.83. The maximum absolute atomic E-state index is 12.9. The fraction of sp³-hybridized carbons (Fsp3) is 0.474. The highest BCUT2D eigenvalue weighted by atomic mass is 16.5. The molecule has 2 aliphatic rings. The number of fused-ring (bicyclic) bond motifs is 1. The van der Waals surface area contributed by atoms with Crippen molar-refractivity contribution in [1.29, 1.82) is 0 Å². The van der Waals surface area contributed by atoms with E-state index >= 15 is 0 Å². The summed E-state index contributed by atoms with van der Waals surface area (Å²) < 4.78 is 7.93. The summed E-state index contributed by atoms with van der Waals surface area (Å²) in [6.45, 7) is 4.24. The third kappa shape index (κ3) is 3.39. The summed E-state index contributed by atoms with van der Waals surface area (Å²) in [4.78, 5) is 21.6. The lowest BCUT2D eigenvalue weighted by Gasteiger charge is -2.24. The predicted octanol–water partition coefficient (Wildman–Crippen LogP) is 1.46. The molecule has 6 heteroatoms. The molecule has 1 aromatic heterocycles. The highest BCUT2D eigenvalue weighted by Gasteiger charge is 2.32. The minimum Gasteiger partial charge on any atom is -0.480 e. The number of amides is 1. The molecular formula is C19H24N4O2. The summed E-state index contributed by atoms with van der Waals surface area (Å²) in [6, 6.07) is 7.93. The fourth-order valence-corrected chi connectivity index (χ4v) is 3.62. The van der Waals surface area contributed by atoms with Crippen molar-refractivity contribution in [3.05, 3.63) is 48.0 Å². The first-order chi connectivity index (χ1) is 12.2. The number of imidazole rings is 1. The van der Waals surface area contributed by atoms with Gasteiger partial charge in [-0.1, -0.05) is 18.2 Å². The van der Waals surface area contributed by atoms with Gasteiger partial charge < -0.3 is 14.2 Å². The minimum atomic E-state index is -0.363. The van der Waals surface area contributed by atoms with E-state index in [9.17, 15) is 4.79 Å². The monoisotopic (exact) mass is 340 g/mol. The summed E-state index contributed by atoms with van der Waals surface area (Å²) in [6.07, 6.45) is 5.10. The molecule has 1 fully saturated rings. The molecule has 1 saturated heterocycles. The van der Waals surface area contributed by atoms with Crippen LogP contribution in [0.25, 0.3) is 0 Å². The molecule has 0 saturated carbocycles. The van der Waals surface area contributed by atoms with Crippen molar-refractivity contribution in [3.63, 3.8) is 0 Å². The van der Waals surface area contributed by atoms with Crippen molar-refractivity contribution in [2.75, 3.05) is 26.2 Å². The molecule has 4 rings (SSSR count). The van der Waals surface area contributed by atoms with E-state index in [4.69, 9.17) is 4.74 Å². The predicted molar refractivity (Wildman–Crippen MR) is 94.2 cm³/mol. The number of carbonyl (C=O) groups excluding carboxylic acids is 1. The number of para-hydroxylation sites is 1. The van der Waals surface area contributed by atoms with E-state index in [1.807, 2.05) is 48.6 Å². The molecule has 0 N–H and O–H groups in total. The largest absolute Gasteiger partial charge is 0.480 e. The molecule has 0 unspecified atom stereocenters. The van der Waals surface area contributed by atoms with Crippen LogP contribution in [-0.4, -0.2) is 57.5 Å². The summed E-state index contributed by atoms with van der Waals surface area (Å²) in [5.74, 6) is 2.04. The lowest BCUT2D eigenvalue weighted by molar-refractivity contribution is -0.137. The third-order valence-electron chi connectivity index (χ3n) is 5.11. The van der Waals surface area contributed by atoms with Gasteiger partial charge in [0.05, 0.1) is 6.54 Å². The van der Waals surface area contributed by atoms with Gasteiger partial charge in [-0.15, -0.1) is 0 Å². The molecule has 25 heavy (non-hydrogen) atoms. The molecule has 0 bridgehead atoms. The number of rotatable bonds is 3. The molecule has 3 heterocycles. The molecule has 2 aliphatic heterocycles. The minimum absolute atomic E-state index is 0.120. The van der Waals surface area contributed by atoms with Gasteiger partial charge in [0.25, 0.3) is 5.91 Å². The molecule has 1 aromatic carbocycles. The highest BCUT2D eigenvalue weighted by Crippen LogP contribution is 2.29. The Balaban J connectivity index is 1.35. The van der Waals surface area contributed by atoms with Gasteiger partial charge in [0.15, 0.2) is 6.10 Å². The van der Waals surface area contributed by atoms with Crippen LogP contribution in [-0.2, 0) is 24.8 Å². The zero-order valence-corrected chi connectivity index (χ0v) is 14.6. The number of hydrogen-bond donors (Lipinski definition) is 0. The molecule has 0 spiro atoms. The Morgan fingerprint density at radius 2 is 2.12 bits per heavy atom. The van der Waals surface area contributed by atoms with Crippen LogP contribution < -0.4 is 4.74 Å². The van der Waals surface area contributed by atoms with Gasteiger partial charge in [-0.25, -0.2) is 4.98 Å². The number of hydrogen-bond acceptors (Lipinski definition) is 4. The Kier molecular flexibility index (Phi) is 4.44. The molecule has 6 nitrogen and oxygen atoms in total. The van der Waals surface area contributed by atoms with E-state index in [0.29, 0.717) is 6.42 Å². The van der Waals surface area contributed by atoms with Gasteiger partial charge >= 0.3 is 0 Å². The van der Waals surface area contributed by atoms with Crippen LogP contribution in [0, 0.1) is 0 Å². The number of benzene rings is 1. The molecule has 2 aromatic rings. The number of aromatic nitrogens is 2. The van der Waals surface area contributed by atoms with Gasteiger partial charge in [-0.2, -0.15) is 0 Å². The molecule has 0 radical (unpaired) electrons. The van der Waals surface area contributed by atoms with Crippen LogP contribution >= 0.6 is 0 Å². The van der Waals surface area contributed by atoms with Crippen molar-refractivity contribution < 1.29 is 9.53 Å². The van der Waals surface area contributed by atoms with Crippen LogP contribution in [0.5, 0.6) is 5.75 Å². The SMILES string of the molecule is Cn1ccnc1CN1CCCN(C(=O)[C@H]2Cc3ccccc3O2)CC1. The van der Waals surface area contributed by atoms with Gasteiger partial charge in [0.2, 0.25) is 0 Å². The van der Waals surface area contributed by atoms with Crippen LogP contribution in [0.15, 0.2) is 36.7 Å². The van der Waals surface area contributed by atoms with E-state index in [0.717, 1.165) is 56.3 Å². The van der Waals surface area contributed by atoms with E-state index < -0.39 is 0 Å². The van der Waals surface area contributed by atoms with E-state index in [2.05, 4.69) is 14.5 Å². The summed E-state index contributed by atoms with van der Waals surface area (Å²) in [5.41, 5.74) is 1.13. The Hall–Kier alpha value is -2.34. The molecule has 1 amide bonds. The number of carbonyl (C=O) groups is 1. The second kappa shape index (κ2) is 6.88. The van der Waals surface area contributed by atoms with Crippen LogP contribution in [0.3, 0.4) is 0 Å².